The Bertz CT molecular complexity index is 322. The molecule has 15 heavy (non-hydrogen) atoms. The summed E-state index contributed by atoms with van der Waals surface area (Å²) in [5, 5.41) is 5.38. The minimum absolute atomic E-state index is 0.122. The zero-order valence-corrected chi connectivity index (χ0v) is 10.7. The van der Waals surface area contributed by atoms with Crippen LogP contribution in [0.2, 0.25) is 0 Å². The van der Waals surface area contributed by atoms with Crippen LogP contribution in [0.15, 0.2) is 0 Å². The molecule has 1 amide bonds. The van der Waals surface area contributed by atoms with Crippen LogP contribution < -0.4 is 10.6 Å². The third kappa shape index (κ3) is 4.17. The molecule has 0 saturated heterocycles. The van der Waals surface area contributed by atoms with Gasteiger partial charge in [-0.2, -0.15) is 0 Å². The lowest BCUT2D eigenvalue weighted by atomic mass is 10.2. The molecule has 0 aromatic carbocycles. The third-order valence-corrected chi connectivity index (χ3v) is 4.67. The SMILES string of the molecule is CNC(C)C(=O)NCC(C)(C)S(C)(=O)=O. The van der Waals surface area contributed by atoms with E-state index >= 15 is 0 Å². The lowest BCUT2D eigenvalue weighted by Crippen LogP contribution is -2.48. The topological polar surface area (TPSA) is 75.3 Å². The van der Waals surface area contributed by atoms with Crippen LogP contribution in [-0.2, 0) is 14.6 Å². The van der Waals surface area contributed by atoms with Gasteiger partial charge in [-0.25, -0.2) is 8.42 Å². The highest BCUT2D eigenvalue weighted by Crippen LogP contribution is 2.13. The van der Waals surface area contributed by atoms with Gasteiger partial charge in [0.1, 0.15) is 0 Å². The summed E-state index contributed by atoms with van der Waals surface area (Å²) in [5.41, 5.74) is 0. The first kappa shape index (κ1) is 14.4. The highest BCUT2D eigenvalue weighted by atomic mass is 32.2. The van der Waals surface area contributed by atoms with E-state index < -0.39 is 14.6 Å². The molecule has 5 nitrogen and oxygen atoms in total. The van der Waals surface area contributed by atoms with Gasteiger partial charge < -0.3 is 10.6 Å². The summed E-state index contributed by atoms with van der Waals surface area (Å²) in [7, 11) is -1.49. The van der Waals surface area contributed by atoms with Gasteiger partial charge in [0.05, 0.1) is 10.8 Å². The Morgan fingerprint density at radius 2 is 1.87 bits per heavy atom. The van der Waals surface area contributed by atoms with Gasteiger partial charge in [0.25, 0.3) is 0 Å². The minimum atomic E-state index is -3.17. The number of hydrogen-bond donors (Lipinski definition) is 2. The van der Waals surface area contributed by atoms with E-state index in [4.69, 9.17) is 0 Å². The predicted octanol–water partition coefficient (Wildman–Crippen LogP) is -0.466. The Morgan fingerprint density at radius 1 is 1.40 bits per heavy atom. The first-order chi connectivity index (χ1) is 6.62. The molecular formula is C9H20N2O3S. The van der Waals surface area contributed by atoms with Crippen molar-refractivity contribution in [3.8, 4) is 0 Å². The molecule has 0 aromatic heterocycles. The van der Waals surface area contributed by atoms with Gasteiger partial charge in [0, 0.05) is 12.8 Å². The molecule has 0 bridgehead atoms. The zero-order valence-electron chi connectivity index (χ0n) is 9.92. The van der Waals surface area contributed by atoms with Crippen LogP contribution in [0.25, 0.3) is 0 Å². The van der Waals surface area contributed by atoms with Gasteiger partial charge in [-0.15, -0.1) is 0 Å². The first-order valence-corrected chi connectivity index (χ1v) is 6.65. The maximum Gasteiger partial charge on any atom is 0.236 e. The van der Waals surface area contributed by atoms with Crippen molar-refractivity contribution in [3.63, 3.8) is 0 Å². The van der Waals surface area contributed by atoms with Gasteiger partial charge in [-0.3, -0.25) is 4.79 Å². The molecule has 0 fully saturated rings. The molecular weight excluding hydrogens is 216 g/mol. The molecule has 0 aliphatic heterocycles. The van der Waals surface area contributed by atoms with E-state index in [1.54, 1.807) is 27.8 Å². The second-order valence-electron chi connectivity index (χ2n) is 4.26. The quantitative estimate of drug-likeness (QED) is 0.677. The van der Waals surface area contributed by atoms with Gasteiger partial charge in [0.2, 0.25) is 5.91 Å². The number of carbonyl (C=O) groups is 1. The number of hydrogen-bond acceptors (Lipinski definition) is 4. The fraction of sp³-hybridized carbons (Fsp3) is 0.889. The lowest BCUT2D eigenvalue weighted by Gasteiger charge is -2.23. The van der Waals surface area contributed by atoms with Crippen molar-refractivity contribution in [2.45, 2.75) is 31.6 Å². The van der Waals surface area contributed by atoms with E-state index in [1.807, 2.05) is 0 Å². The van der Waals surface area contributed by atoms with Crippen LogP contribution in [-0.4, -0.2) is 45.0 Å². The van der Waals surface area contributed by atoms with Crippen LogP contribution in [0.1, 0.15) is 20.8 Å². The van der Waals surface area contributed by atoms with Gasteiger partial charge in [0.15, 0.2) is 9.84 Å². The summed E-state index contributed by atoms with van der Waals surface area (Å²) < 4.78 is 21.7. The summed E-state index contributed by atoms with van der Waals surface area (Å²) in [5.74, 6) is -0.200. The standard InChI is InChI=1S/C9H20N2O3S/c1-7(10-4)8(12)11-6-9(2,3)15(5,13)14/h7,10H,6H2,1-5H3,(H,11,12). The molecule has 1 unspecified atom stereocenters. The molecule has 0 spiro atoms. The first-order valence-electron chi connectivity index (χ1n) is 4.76. The highest BCUT2D eigenvalue weighted by Gasteiger charge is 2.30. The van der Waals surface area contributed by atoms with Crippen molar-refractivity contribution in [3.05, 3.63) is 0 Å². The Morgan fingerprint density at radius 3 is 2.20 bits per heavy atom. The molecule has 0 saturated carbocycles. The highest BCUT2D eigenvalue weighted by molar-refractivity contribution is 7.92. The molecule has 0 aliphatic rings. The average molecular weight is 236 g/mol. The summed E-state index contributed by atoms with van der Waals surface area (Å²) in [4.78, 5) is 11.4. The van der Waals surface area contributed by atoms with Gasteiger partial charge >= 0.3 is 0 Å². The van der Waals surface area contributed by atoms with E-state index in [2.05, 4.69) is 10.6 Å². The fourth-order valence-corrected chi connectivity index (χ4v) is 1.05. The van der Waals surface area contributed by atoms with Crippen molar-refractivity contribution >= 4 is 15.7 Å². The van der Waals surface area contributed by atoms with Crippen molar-refractivity contribution in [1.82, 2.24) is 10.6 Å². The van der Waals surface area contributed by atoms with Crippen LogP contribution >= 0.6 is 0 Å². The van der Waals surface area contributed by atoms with E-state index in [1.165, 1.54) is 6.26 Å². The van der Waals surface area contributed by atoms with Crippen molar-refractivity contribution in [2.24, 2.45) is 0 Å². The summed E-state index contributed by atoms with van der Waals surface area (Å²) >= 11 is 0. The number of amides is 1. The Balaban J connectivity index is 4.35. The van der Waals surface area contributed by atoms with Gasteiger partial charge in [-0.05, 0) is 27.8 Å². The molecule has 0 rings (SSSR count). The maximum absolute atomic E-state index is 11.4. The van der Waals surface area contributed by atoms with Crippen molar-refractivity contribution in [2.75, 3.05) is 19.8 Å². The lowest BCUT2D eigenvalue weighted by molar-refractivity contribution is -0.122. The molecule has 0 aliphatic carbocycles. The molecule has 6 heteroatoms. The molecule has 0 aromatic rings. The normalized spacial score (nSPS) is 14.7. The third-order valence-electron chi connectivity index (χ3n) is 2.52. The number of sulfone groups is 1. The minimum Gasteiger partial charge on any atom is -0.353 e. The van der Waals surface area contributed by atoms with Crippen LogP contribution in [0.4, 0.5) is 0 Å². The van der Waals surface area contributed by atoms with Crippen molar-refractivity contribution < 1.29 is 13.2 Å². The molecule has 1 atom stereocenters. The Hall–Kier alpha value is -0.620. The van der Waals surface area contributed by atoms with Crippen molar-refractivity contribution in [1.29, 1.82) is 0 Å². The average Bonchev–Trinajstić information content (AvgIpc) is 2.11. The molecule has 0 radical (unpaired) electrons. The fourth-order valence-electron chi connectivity index (χ4n) is 0.715. The molecule has 90 valence electrons. The Kier molecular flexibility index (Phi) is 4.73. The molecule has 0 heterocycles. The number of rotatable bonds is 5. The van der Waals surface area contributed by atoms with E-state index in [9.17, 15) is 13.2 Å². The maximum atomic E-state index is 11.4. The van der Waals surface area contributed by atoms with Gasteiger partial charge in [-0.1, -0.05) is 0 Å². The number of nitrogens with one attached hydrogen (secondary N) is 2. The number of carbonyl (C=O) groups excluding carboxylic acids is 1. The Labute approximate surface area is 91.5 Å². The summed E-state index contributed by atoms with van der Waals surface area (Å²) in [6, 6.07) is -0.319. The monoisotopic (exact) mass is 236 g/mol. The summed E-state index contributed by atoms with van der Waals surface area (Å²) in [6.07, 6.45) is 1.17. The van der Waals surface area contributed by atoms with Crippen LogP contribution in [0.5, 0.6) is 0 Å². The second kappa shape index (κ2) is 4.94. The smallest absolute Gasteiger partial charge is 0.236 e. The largest absolute Gasteiger partial charge is 0.353 e. The summed E-state index contributed by atoms with van der Waals surface area (Å²) in [6.45, 7) is 5.01. The van der Waals surface area contributed by atoms with Crippen LogP contribution in [0.3, 0.4) is 0 Å². The predicted molar refractivity (Wildman–Crippen MR) is 60.5 cm³/mol. The van der Waals surface area contributed by atoms with Crippen LogP contribution in [0, 0.1) is 0 Å². The number of likely N-dealkylation sites (N-methyl/N-ethyl adjacent to an activating group) is 1. The molecule has 2 N–H and O–H groups in total. The second-order valence-corrected chi connectivity index (χ2v) is 6.91. The van der Waals surface area contributed by atoms with E-state index in [0.29, 0.717) is 0 Å². The van der Waals surface area contributed by atoms with E-state index in [0.717, 1.165) is 0 Å². The van der Waals surface area contributed by atoms with E-state index in [-0.39, 0.29) is 18.5 Å². The zero-order chi connectivity index (χ0) is 12.3.